The normalized spacial score (nSPS) is 22.0. The van der Waals surface area contributed by atoms with E-state index in [1.165, 1.54) is 0 Å². The fraction of sp³-hybridized carbons (Fsp3) is 0.368. The summed E-state index contributed by atoms with van der Waals surface area (Å²) in [4.78, 5) is 12.5. The highest BCUT2D eigenvalue weighted by atomic mass is 16.5. The van der Waals surface area contributed by atoms with Crippen LogP contribution in [0.3, 0.4) is 0 Å². The number of fused-ring (bicyclic) bond motifs is 1. The number of benzene rings is 1. The van der Waals surface area contributed by atoms with E-state index in [0.717, 1.165) is 23.3 Å². The highest BCUT2D eigenvalue weighted by Gasteiger charge is 2.37. The van der Waals surface area contributed by atoms with Crippen molar-refractivity contribution >= 4 is 5.97 Å². The van der Waals surface area contributed by atoms with Gasteiger partial charge in [-0.05, 0) is 38.0 Å². The van der Waals surface area contributed by atoms with Crippen molar-refractivity contribution in [3.05, 3.63) is 52.1 Å². The predicted molar refractivity (Wildman–Crippen MR) is 90.2 cm³/mol. The van der Waals surface area contributed by atoms with E-state index >= 15 is 0 Å². The summed E-state index contributed by atoms with van der Waals surface area (Å²) < 4.78 is 16.3. The second kappa shape index (κ2) is 6.52. The Morgan fingerprint density at radius 1 is 1.48 bits per heavy atom. The maximum Gasteiger partial charge on any atom is 0.338 e. The van der Waals surface area contributed by atoms with Crippen molar-refractivity contribution in [1.82, 2.24) is 0 Å². The van der Waals surface area contributed by atoms with Crippen molar-refractivity contribution in [2.24, 2.45) is 5.73 Å². The van der Waals surface area contributed by atoms with Gasteiger partial charge >= 0.3 is 5.97 Å². The van der Waals surface area contributed by atoms with Crippen LogP contribution in [-0.4, -0.2) is 18.7 Å². The van der Waals surface area contributed by atoms with Gasteiger partial charge in [0.2, 0.25) is 5.88 Å². The molecule has 2 aliphatic heterocycles. The van der Waals surface area contributed by atoms with Crippen LogP contribution in [0.1, 0.15) is 37.8 Å². The van der Waals surface area contributed by atoms with E-state index in [4.69, 9.17) is 19.9 Å². The quantitative estimate of drug-likeness (QED) is 0.850. The molecule has 0 radical (unpaired) electrons. The van der Waals surface area contributed by atoms with Crippen LogP contribution < -0.4 is 10.5 Å². The second-order valence-corrected chi connectivity index (χ2v) is 6.11. The minimum absolute atomic E-state index is 0.0168. The third-order valence-electron chi connectivity index (χ3n) is 4.35. The Hall–Kier alpha value is -2.94. The van der Waals surface area contributed by atoms with Crippen LogP contribution in [0, 0.1) is 11.3 Å². The zero-order valence-corrected chi connectivity index (χ0v) is 14.5. The number of ether oxygens (including phenoxy) is 3. The lowest BCUT2D eigenvalue weighted by Crippen LogP contribution is -2.25. The molecule has 0 amide bonds. The molecular formula is C19H20N2O4. The molecule has 25 heavy (non-hydrogen) atoms. The lowest BCUT2D eigenvalue weighted by atomic mass is 9.82. The number of hydrogen-bond donors (Lipinski definition) is 1. The fourth-order valence-electron chi connectivity index (χ4n) is 3.31. The van der Waals surface area contributed by atoms with E-state index in [2.05, 4.69) is 6.07 Å². The van der Waals surface area contributed by atoms with Gasteiger partial charge in [0.25, 0.3) is 0 Å². The zero-order valence-electron chi connectivity index (χ0n) is 14.5. The van der Waals surface area contributed by atoms with E-state index in [9.17, 15) is 10.1 Å². The first kappa shape index (κ1) is 16.9. The van der Waals surface area contributed by atoms with Crippen LogP contribution in [-0.2, 0) is 20.7 Å². The molecule has 2 atom stereocenters. The number of esters is 1. The predicted octanol–water partition coefficient (Wildman–Crippen LogP) is 2.65. The lowest BCUT2D eigenvalue weighted by Gasteiger charge is -2.27. The summed E-state index contributed by atoms with van der Waals surface area (Å²) in [5, 5.41) is 9.58. The fourth-order valence-corrected chi connectivity index (χ4v) is 3.31. The van der Waals surface area contributed by atoms with Crippen molar-refractivity contribution in [1.29, 1.82) is 5.26 Å². The molecule has 6 nitrogen and oxygen atoms in total. The van der Waals surface area contributed by atoms with E-state index < -0.39 is 11.9 Å². The van der Waals surface area contributed by atoms with Gasteiger partial charge in [0.05, 0.1) is 18.1 Å². The summed E-state index contributed by atoms with van der Waals surface area (Å²) >= 11 is 0. The van der Waals surface area contributed by atoms with Gasteiger partial charge in [0, 0.05) is 6.42 Å². The summed E-state index contributed by atoms with van der Waals surface area (Å²) in [7, 11) is 0. The number of hydrogen-bond acceptors (Lipinski definition) is 6. The summed E-state index contributed by atoms with van der Waals surface area (Å²) in [5.74, 6) is 0.0831. The molecule has 1 aromatic rings. The number of nitrogens with zero attached hydrogens (tertiary/aromatic N) is 1. The highest BCUT2D eigenvalue weighted by Crippen LogP contribution is 2.41. The average molecular weight is 340 g/mol. The first-order valence-corrected chi connectivity index (χ1v) is 8.21. The van der Waals surface area contributed by atoms with Gasteiger partial charge in [0.1, 0.15) is 29.3 Å². The minimum Gasteiger partial charge on any atom is -0.490 e. The molecule has 2 N–H and O–H groups in total. The highest BCUT2D eigenvalue weighted by molar-refractivity contribution is 5.92. The number of nitrogens with two attached hydrogens (primary N) is 1. The Balaban J connectivity index is 2.11. The molecule has 0 saturated carbocycles. The minimum atomic E-state index is -0.612. The van der Waals surface area contributed by atoms with Gasteiger partial charge < -0.3 is 19.9 Å². The van der Waals surface area contributed by atoms with Gasteiger partial charge in [-0.15, -0.1) is 0 Å². The zero-order chi connectivity index (χ0) is 18.1. The van der Waals surface area contributed by atoms with Crippen LogP contribution in [0.25, 0.3) is 0 Å². The van der Waals surface area contributed by atoms with Crippen LogP contribution in [0.15, 0.2) is 41.0 Å². The topological polar surface area (TPSA) is 94.6 Å². The molecule has 0 spiro atoms. The van der Waals surface area contributed by atoms with Crippen LogP contribution in [0.2, 0.25) is 0 Å². The van der Waals surface area contributed by atoms with E-state index in [1.807, 2.05) is 25.1 Å². The molecule has 0 fully saturated rings. The second-order valence-electron chi connectivity index (χ2n) is 6.11. The van der Waals surface area contributed by atoms with Gasteiger partial charge in [-0.25, -0.2) is 4.79 Å². The molecule has 0 aliphatic carbocycles. The van der Waals surface area contributed by atoms with Crippen LogP contribution in [0.5, 0.6) is 5.75 Å². The Kier molecular flexibility index (Phi) is 4.41. The number of allylic oxidation sites excluding steroid dienone is 2. The van der Waals surface area contributed by atoms with E-state index in [-0.39, 0.29) is 24.2 Å². The van der Waals surface area contributed by atoms with Crippen molar-refractivity contribution in [2.45, 2.75) is 39.2 Å². The molecule has 1 aromatic carbocycles. The molecule has 2 unspecified atom stereocenters. The molecule has 2 heterocycles. The van der Waals surface area contributed by atoms with Gasteiger partial charge in [-0.3, -0.25) is 0 Å². The monoisotopic (exact) mass is 340 g/mol. The molecule has 0 saturated heterocycles. The first-order valence-electron chi connectivity index (χ1n) is 8.21. The molecule has 6 heteroatoms. The summed E-state index contributed by atoms with van der Waals surface area (Å²) in [6.07, 6.45) is 0.892. The Bertz CT molecular complexity index is 832. The number of carbonyl (C=O) groups is 1. The van der Waals surface area contributed by atoms with Crippen molar-refractivity contribution < 1.29 is 19.0 Å². The molecule has 130 valence electrons. The summed E-state index contributed by atoms with van der Waals surface area (Å²) in [6.45, 7) is 5.62. The lowest BCUT2D eigenvalue weighted by molar-refractivity contribution is -0.139. The maximum atomic E-state index is 12.5. The van der Waals surface area contributed by atoms with Crippen LogP contribution >= 0.6 is 0 Å². The Morgan fingerprint density at radius 3 is 2.92 bits per heavy atom. The van der Waals surface area contributed by atoms with Gasteiger partial charge in [-0.2, -0.15) is 5.26 Å². The summed E-state index contributed by atoms with van der Waals surface area (Å²) in [5.41, 5.74) is 8.26. The van der Waals surface area contributed by atoms with Crippen molar-refractivity contribution in [3.8, 4) is 11.8 Å². The molecule has 2 aliphatic rings. The molecule has 0 bridgehead atoms. The van der Waals surface area contributed by atoms with Gasteiger partial charge in [-0.1, -0.05) is 12.1 Å². The van der Waals surface area contributed by atoms with Crippen molar-refractivity contribution in [2.75, 3.05) is 6.61 Å². The smallest absolute Gasteiger partial charge is 0.338 e. The van der Waals surface area contributed by atoms with Crippen molar-refractivity contribution in [3.63, 3.8) is 0 Å². The SMILES string of the molecule is CCOC(=O)C1=C(C)OC(N)=C(C#N)C1c1ccc2c(c1)CC(C)O2. The third-order valence-corrected chi connectivity index (χ3v) is 4.35. The largest absolute Gasteiger partial charge is 0.490 e. The number of rotatable bonds is 3. The molecular weight excluding hydrogens is 320 g/mol. The van der Waals surface area contributed by atoms with Gasteiger partial charge in [0.15, 0.2) is 0 Å². The standard InChI is InChI=1S/C19H20N2O4/c1-4-23-19(22)16-11(3)25-18(21)14(9-20)17(16)12-5-6-15-13(8-12)7-10(2)24-15/h5-6,8,10,17H,4,7,21H2,1-3H3. The molecule has 3 rings (SSSR count). The summed E-state index contributed by atoms with van der Waals surface area (Å²) in [6, 6.07) is 7.77. The first-order chi connectivity index (χ1) is 12.0. The maximum absolute atomic E-state index is 12.5. The molecule has 0 aromatic heterocycles. The number of nitriles is 1. The van der Waals surface area contributed by atoms with Crippen LogP contribution in [0.4, 0.5) is 0 Å². The Morgan fingerprint density at radius 2 is 2.24 bits per heavy atom. The third kappa shape index (κ3) is 2.93. The van der Waals surface area contributed by atoms with E-state index in [0.29, 0.717) is 11.3 Å². The number of carbonyl (C=O) groups excluding carboxylic acids is 1. The average Bonchev–Trinajstić information content (AvgIpc) is 2.93. The Labute approximate surface area is 146 Å². The van der Waals surface area contributed by atoms with E-state index in [1.54, 1.807) is 13.8 Å².